The lowest BCUT2D eigenvalue weighted by atomic mass is 10.1. The average molecular weight is 272 g/mol. The van der Waals surface area contributed by atoms with Crippen LogP contribution in [0, 0.1) is 0 Å². The standard InChI is InChI=1S/C10H10BrNOS/c11-6-4-7-9(13)2-1-3-14-10(7)8(12)5-6/h4-5H,1-3,12H2. The number of halogens is 1. The number of carbonyl (C=O) groups excluding carboxylic acids is 1. The molecule has 1 aromatic carbocycles. The van der Waals surface area contributed by atoms with Crippen molar-refractivity contribution in [2.24, 2.45) is 0 Å². The first-order valence-electron chi connectivity index (χ1n) is 4.43. The molecule has 0 spiro atoms. The SMILES string of the molecule is Nc1cc(Br)cc2c1SCCCC2=O. The highest BCUT2D eigenvalue weighted by atomic mass is 79.9. The summed E-state index contributed by atoms with van der Waals surface area (Å²) in [7, 11) is 0. The number of nitrogens with two attached hydrogens (primary N) is 1. The third-order valence-electron chi connectivity index (χ3n) is 2.18. The molecule has 0 saturated carbocycles. The number of nitrogen functional groups attached to an aromatic ring is 1. The van der Waals surface area contributed by atoms with E-state index in [1.54, 1.807) is 11.8 Å². The van der Waals surface area contributed by atoms with Gasteiger partial charge in [0.15, 0.2) is 5.78 Å². The van der Waals surface area contributed by atoms with Gasteiger partial charge in [0.2, 0.25) is 0 Å². The highest BCUT2D eigenvalue weighted by Crippen LogP contribution is 2.35. The summed E-state index contributed by atoms with van der Waals surface area (Å²) in [5.41, 5.74) is 7.35. The van der Waals surface area contributed by atoms with Crippen LogP contribution in [0.1, 0.15) is 23.2 Å². The Balaban J connectivity index is 2.58. The number of ketones is 1. The number of hydrogen-bond acceptors (Lipinski definition) is 3. The van der Waals surface area contributed by atoms with Gasteiger partial charge in [-0.3, -0.25) is 4.79 Å². The van der Waals surface area contributed by atoms with E-state index < -0.39 is 0 Å². The molecule has 0 atom stereocenters. The first-order valence-corrected chi connectivity index (χ1v) is 6.21. The summed E-state index contributed by atoms with van der Waals surface area (Å²) < 4.78 is 0.879. The van der Waals surface area contributed by atoms with Crippen molar-refractivity contribution in [1.29, 1.82) is 0 Å². The molecule has 2 N–H and O–H groups in total. The molecule has 0 aliphatic carbocycles. The fourth-order valence-electron chi connectivity index (χ4n) is 1.52. The van der Waals surface area contributed by atoms with Crippen molar-refractivity contribution in [3.63, 3.8) is 0 Å². The summed E-state index contributed by atoms with van der Waals surface area (Å²) in [6.45, 7) is 0. The maximum atomic E-state index is 11.7. The summed E-state index contributed by atoms with van der Waals surface area (Å²) in [6, 6.07) is 3.72. The molecule has 0 aromatic heterocycles. The van der Waals surface area contributed by atoms with Gasteiger partial charge in [0.05, 0.1) is 0 Å². The summed E-state index contributed by atoms with van der Waals surface area (Å²) in [6.07, 6.45) is 1.57. The van der Waals surface area contributed by atoms with E-state index in [1.807, 2.05) is 12.1 Å². The summed E-state index contributed by atoms with van der Waals surface area (Å²) in [4.78, 5) is 12.7. The second-order valence-electron chi connectivity index (χ2n) is 3.25. The molecule has 0 unspecified atom stereocenters. The van der Waals surface area contributed by atoms with E-state index in [2.05, 4.69) is 15.9 Å². The number of benzene rings is 1. The van der Waals surface area contributed by atoms with Crippen LogP contribution in [-0.2, 0) is 0 Å². The van der Waals surface area contributed by atoms with E-state index in [-0.39, 0.29) is 5.78 Å². The first-order chi connectivity index (χ1) is 6.68. The van der Waals surface area contributed by atoms with E-state index in [1.165, 1.54) is 0 Å². The molecule has 1 aliphatic rings. The fourth-order valence-corrected chi connectivity index (χ4v) is 3.05. The van der Waals surface area contributed by atoms with Crippen LogP contribution in [0.15, 0.2) is 21.5 Å². The topological polar surface area (TPSA) is 43.1 Å². The van der Waals surface area contributed by atoms with Gasteiger partial charge >= 0.3 is 0 Å². The average Bonchev–Trinajstić information content (AvgIpc) is 2.29. The van der Waals surface area contributed by atoms with Gasteiger partial charge in [0, 0.05) is 27.0 Å². The Bertz CT molecular complexity index is 392. The molecular formula is C10H10BrNOS. The lowest BCUT2D eigenvalue weighted by molar-refractivity contribution is 0.0980. The highest BCUT2D eigenvalue weighted by molar-refractivity contribution is 9.10. The van der Waals surface area contributed by atoms with Crippen LogP contribution in [-0.4, -0.2) is 11.5 Å². The van der Waals surface area contributed by atoms with Crippen molar-refractivity contribution in [2.75, 3.05) is 11.5 Å². The second kappa shape index (κ2) is 3.95. The summed E-state index contributed by atoms with van der Waals surface area (Å²) >= 11 is 5.03. The summed E-state index contributed by atoms with van der Waals surface area (Å²) in [5, 5.41) is 0. The Morgan fingerprint density at radius 3 is 3.00 bits per heavy atom. The number of thioether (sulfide) groups is 1. The molecule has 74 valence electrons. The summed E-state index contributed by atoms with van der Waals surface area (Å²) in [5.74, 6) is 1.18. The molecule has 0 bridgehead atoms. The van der Waals surface area contributed by atoms with Gasteiger partial charge in [-0.25, -0.2) is 0 Å². The van der Waals surface area contributed by atoms with Crippen molar-refractivity contribution in [2.45, 2.75) is 17.7 Å². The Hall–Kier alpha value is -0.480. The zero-order chi connectivity index (χ0) is 10.1. The predicted octanol–water partition coefficient (Wildman–Crippen LogP) is 3.10. The lowest BCUT2D eigenvalue weighted by Crippen LogP contribution is -2.01. The van der Waals surface area contributed by atoms with Gasteiger partial charge in [-0.15, -0.1) is 11.8 Å². The van der Waals surface area contributed by atoms with Gasteiger partial charge in [-0.2, -0.15) is 0 Å². The van der Waals surface area contributed by atoms with Crippen LogP contribution in [0.3, 0.4) is 0 Å². The van der Waals surface area contributed by atoms with Crippen LogP contribution >= 0.6 is 27.7 Å². The van der Waals surface area contributed by atoms with Gasteiger partial charge < -0.3 is 5.73 Å². The van der Waals surface area contributed by atoms with Crippen LogP contribution in [0.2, 0.25) is 0 Å². The van der Waals surface area contributed by atoms with E-state index in [0.29, 0.717) is 12.1 Å². The number of Topliss-reactive ketones (excluding diaryl/α,β-unsaturated/α-hetero) is 1. The Labute approximate surface area is 95.4 Å². The van der Waals surface area contributed by atoms with Crippen LogP contribution < -0.4 is 5.73 Å². The Kier molecular flexibility index (Phi) is 2.83. The molecule has 2 rings (SSSR count). The largest absolute Gasteiger partial charge is 0.398 e. The lowest BCUT2D eigenvalue weighted by Gasteiger charge is -2.07. The maximum absolute atomic E-state index is 11.7. The van der Waals surface area contributed by atoms with Crippen molar-refractivity contribution in [1.82, 2.24) is 0 Å². The predicted molar refractivity (Wildman–Crippen MR) is 62.8 cm³/mol. The maximum Gasteiger partial charge on any atom is 0.164 e. The van der Waals surface area contributed by atoms with E-state index in [9.17, 15) is 4.79 Å². The van der Waals surface area contributed by atoms with E-state index >= 15 is 0 Å². The number of fused-ring (bicyclic) bond motifs is 1. The van der Waals surface area contributed by atoms with Gasteiger partial charge in [0.1, 0.15) is 0 Å². The zero-order valence-electron chi connectivity index (χ0n) is 7.55. The molecule has 0 radical (unpaired) electrons. The molecule has 1 aliphatic heterocycles. The monoisotopic (exact) mass is 271 g/mol. The first kappa shape index (κ1) is 10.1. The van der Waals surface area contributed by atoms with Gasteiger partial charge in [-0.05, 0) is 24.3 Å². The molecule has 1 aromatic rings. The Morgan fingerprint density at radius 1 is 1.43 bits per heavy atom. The van der Waals surface area contributed by atoms with E-state index in [0.717, 1.165) is 27.1 Å². The molecular weight excluding hydrogens is 262 g/mol. The molecule has 1 heterocycles. The normalized spacial score (nSPS) is 16.2. The van der Waals surface area contributed by atoms with Crippen LogP contribution in [0.5, 0.6) is 0 Å². The number of carbonyl (C=O) groups is 1. The smallest absolute Gasteiger partial charge is 0.164 e. The minimum Gasteiger partial charge on any atom is -0.398 e. The second-order valence-corrected chi connectivity index (χ2v) is 5.27. The quantitative estimate of drug-likeness (QED) is 0.738. The van der Waals surface area contributed by atoms with Gasteiger partial charge in [-0.1, -0.05) is 15.9 Å². The minimum absolute atomic E-state index is 0.206. The molecule has 4 heteroatoms. The number of rotatable bonds is 0. The van der Waals surface area contributed by atoms with Crippen molar-refractivity contribution < 1.29 is 4.79 Å². The molecule has 2 nitrogen and oxygen atoms in total. The van der Waals surface area contributed by atoms with Crippen molar-refractivity contribution >= 4 is 39.2 Å². The highest BCUT2D eigenvalue weighted by Gasteiger charge is 2.18. The third kappa shape index (κ3) is 1.81. The zero-order valence-corrected chi connectivity index (χ0v) is 9.95. The fraction of sp³-hybridized carbons (Fsp3) is 0.300. The van der Waals surface area contributed by atoms with Crippen molar-refractivity contribution in [3.05, 3.63) is 22.2 Å². The van der Waals surface area contributed by atoms with Crippen molar-refractivity contribution in [3.8, 4) is 0 Å². The van der Waals surface area contributed by atoms with Crippen LogP contribution in [0.25, 0.3) is 0 Å². The third-order valence-corrected chi connectivity index (χ3v) is 3.87. The minimum atomic E-state index is 0.206. The molecule has 0 fully saturated rings. The molecule has 0 amide bonds. The number of anilines is 1. The van der Waals surface area contributed by atoms with E-state index in [4.69, 9.17) is 5.73 Å². The number of hydrogen-bond donors (Lipinski definition) is 1. The van der Waals surface area contributed by atoms with Crippen LogP contribution in [0.4, 0.5) is 5.69 Å². The Morgan fingerprint density at radius 2 is 2.21 bits per heavy atom. The van der Waals surface area contributed by atoms with Gasteiger partial charge in [0.25, 0.3) is 0 Å². The molecule has 0 saturated heterocycles. The molecule has 14 heavy (non-hydrogen) atoms.